The van der Waals surface area contributed by atoms with Crippen molar-refractivity contribution in [2.75, 3.05) is 23.4 Å². The largest absolute Gasteiger partial charge is 0.495 e. The number of rotatable bonds is 5. The Bertz CT molecular complexity index is 1080. The molecule has 9 heteroatoms. The van der Waals surface area contributed by atoms with Crippen LogP contribution in [0.15, 0.2) is 48.7 Å². The van der Waals surface area contributed by atoms with E-state index in [0.717, 1.165) is 6.26 Å². The molecule has 0 aliphatic rings. The van der Waals surface area contributed by atoms with Crippen molar-refractivity contribution in [3.05, 3.63) is 54.4 Å². The Morgan fingerprint density at radius 1 is 1.12 bits per heavy atom. The third kappa shape index (κ3) is 4.06. The van der Waals surface area contributed by atoms with Gasteiger partial charge in [0.2, 0.25) is 10.0 Å². The van der Waals surface area contributed by atoms with E-state index < -0.39 is 15.9 Å². The van der Waals surface area contributed by atoms with Gasteiger partial charge >= 0.3 is 0 Å². The summed E-state index contributed by atoms with van der Waals surface area (Å²) in [4.78, 5) is 20.9. The number of anilines is 2. The number of fused-ring (bicyclic) bond motifs is 1. The molecule has 8 nitrogen and oxygen atoms in total. The molecule has 0 atom stereocenters. The lowest BCUT2D eigenvalue weighted by Crippen LogP contribution is -2.15. The topological polar surface area (TPSA) is 110 Å². The number of benzene rings is 2. The van der Waals surface area contributed by atoms with Crippen LogP contribution in [0.4, 0.5) is 11.4 Å². The lowest BCUT2D eigenvalue weighted by Gasteiger charge is -2.12. The number of hydrogen-bond donors (Lipinski definition) is 2. The third-order valence-electron chi connectivity index (χ3n) is 3.43. The van der Waals surface area contributed by atoms with E-state index in [9.17, 15) is 13.2 Å². The van der Waals surface area contributed by atoms with Gasteiger partial charge in [0, 0.05) is 5.69 Å². The number of nitrogens with zero attached hydrogens (tertiary/aromatic N) is 2. The van der Waals surface area contributed by atoms with Crippen LogP contribution in [0, 0.1) is 0 Å². The van der Waals surface area contributed by atoms with Crippen LogP contribution in [0.3, 0.4) is 0 Å². The van der Waals surface area contributed by atoms with E-state index in [2.05, 4.69) is 20.0 Å². The van der Waals surface area contributed by atoms with E-state index in [1.807, 2.05) is 12.1 Å². The van der Waals surface area contributed by atoms with Gasteiger partial charge in [0.15, 0.2) is 0 Å². The summed E-state index contributed by atoms with van der Waals surface area (Å²) in [6.45, 7) is 0. The van der Waals surface area contributed by atoms with Crippen molar-refractivity contribution in [3.8, 4) is 5.75 Å². The van der Waals surface area contributed by atoms with Crippen molar-refractivity contribution in [3.63, 3.8) is 0 Å². The second kappa shape index (κ2) is 6.96. The molecular weight excluding hydrogens is 356 g/mol. The van der Waals surface area contributed by atoms with Gasteiger partial charge in [-0.3, -0.25) is 14.5 Å². The number of amides is 1. The van der Waals surface area contributed by atoms with Crippen molar-refractivity contribution >= 4 is 38.3 Å². The van der Waals surface area contributed by atoms with Gasteiger partial charge in [-0.05, 0) is 30.3 Å². The number of ether oxygens (including phenoxy) is 1. The van der Waals surface area contributed by atoms with Crippen LogP contribution in [0.25, 0.3) is 11.0 Å². The molecule has 2 N–H and O–H groups in total. The molecule has 0 radical (unpaired) electrons. The molecule has 1 amide bonds. The lowest BCUT2D eigenvalue weighted by atomic mass is 10.2. The maximum Gasteiger partial charge on any atom is 0.275 e. The first-order valence-corrected chi connectivity index (χ1v) is 9.44. The fraction of sp³-hybridized carbons (Fsp3) is 0.118. The zero-order valence-electron chi connectivity index (χ0n) is 14.1. The van der Waals surface area contributed by atoms with Crippen LogP contribution in [-0.2, 0) is 10.0 Å². The molecule has 0 aliphatic carbocycles. The number of hydrogen-bond acceptors (Lipinski definition) is 6. The molecule has 0 unspecified atom stereocenters. The van der Waals surface area contributed by atoms with Crippen molar-refractivity contribution in [2.24, 2.45) is 0 Å². The molecule has 134 valence electrons. The number of para-hydroxylation sites is 2. The zero-order valence-corrected chi connectivity index (χ0v) is 14.9. The van der Waals surface area contributed by atoms with Gasteiger partial charge in [0.25, 0.3) is 5.91 Å². The van der Waals surface area contributed by atoms with Gasteiger partial charge in [-0.25, -0.2) is 13.4 Å². The summed E-state index contributed by atoms with van der Waals surface area (Å²) in [5, 5.41) is 2.67. The standard InChI is InChI=1S/C17H16N4O4S/c1-25-16-8-7-11(9-14(16)21-26(2,23)24)19-17(22)15-10-18-12-5-3-4-6-13(12)20-15/h3-10,21H,1-2H3,(H,19,22). The van der Waals surface area contributed by atoms with Crippen LogP contribution in [-0.4, -0.2) is 37.7 Å². The van der Waals surface area contributed by atoms with Crippen LogP contribution in [0.5, 0.6) is 5.75 Å². The van der Waals surface area contributed by atoms with Gasteiger partial charge in [0.1, 0.15) is 11.4 Å². The Morgan fingerprint density at radius 2 is 1.85 bits per heavy atom. The Balaban J connectivity index is 1.87. The highest BCUT2D eigenvalue weighted by Crippen LogP contribution is 2.28. The number of aromatic nitrogens is 2. The molecule has 0 saturated carbocycles. The Hall–Kier alpha value is -3.20. The van der Waals surface area contributed by atoms with Crippen molar-refractivity contribution < 1.29 is 17.9 Å². The summed E-state index contributed by atoms with van der Waals surface area (Å²) in [5.41, 5.74) is 2.05. The van der Waals surface area contributed by atoms with E-state index in [1.54, 1.807) is 24.3 Å². The first kappa shape index (κ1) is 17.6. The molecule has 0 aliphatic heterocycles. The predicted molar refractivity (Wildman–Crippen MR) is 99.0 cm³/mol. The number of carbonyl (C=O) groups is 1. The average molecular weight is 372 g/mol. The van der Waals surface area contributed by atoms with Gasteiger partial charge in [-0.2, -0.15) is 0 Å². The highest BCUT2D eigenvalue weighted by Gasteiger charge is 2.13. The minimum Gasteiger partial charge on any atom is -0.495 e. The first-order chi connectivity index (χ1) is 12.4. The number of carbonyl (C=O) groups excluding carboxylic acids is 1. The van der Waals surface area contributed by atoms with Crippen molar-refractivity contribution in [1.29, 1.82) is 0 Å². The molecule has 0 fully saturated rings. The molecule has 0 saturated heterocycles. The molecule has 2 aromatic carbocycles. The highest BCUT2D eigenvalue weighted by molar-refractivity contribution is 7.92. The quantitative estimate of drug-likeness (QED) is 0.711. The third-order valence-corrected chi connectivity index (χ3v) is 4.02. The monoisotopic (exact) mass is 372 g/mol. The maximum atomic E-state index is 12.4. The van der Waals surface area contributed by atoms with E-state index in [1.165, 1.54) is 19.4 Å². The molecule has 0 spiro atoms. The van der Waals surface area contributed by atoms with Gasteiger partial charge in [0.05, 0.1) is 36.3 Å². The van der Waals surface area contributed by atoms with Crippen LogP contribution >= 0.6 is 0 Å². The van der Waals surface area contributed by atoms with E-state index in [0.29, 0.717) is 22.5 Å². The summed E-state index contributed by atoms with van der Waals surface area (Å²) in [5.74, 6) is -0.127. The lowest BCUT2D eigenvalue weighted by molar-refractivity contribution is 0.102. The second-order valence-corrected chi connectivity index (χ2v) is 7.24. The SMILES string of the molecule is COc1ccc(NC(=O)c2cnc3ccccc3n2)cc1NS(C)(=O)=O. The molecule has 1 aromatic heterocycles. The number of nitrogens with one attached hydrogen (secondary N) is 2. The predicted octanol–water partition coefficient (Wildman–Crippen LogP) is 2.26. The average Bonchev–Trinajstić information content (AvgIpc) is 2.60. The molecule has 1 heterocycles. The Morgan fingerprint density at radius 3 is 2.54 bits per heavy atom. The Labute approximate surface area is 150 Å². The second-order valence-electron chi connectivity index (χ2n) is 5.49. The number of sulfonamides is 1. The molecule has 3 aromatic rings. The van der Waals surface area contributed by atoms with Crippen molar-refractivity contribution in [1.82, 2.24) is 9.97 Å². The zero-order chi connectivity index (χ0) is 18.7. The molecule has 26 heavy (non-hydrogen) atoms. The summed E-state index contributed by atoms with van der Waals surface area (Å²) in [6.07, 6.45) is 2.42. The van der Waals surface area contributed by atoms with Crippen LogP contribution in [0.2, 0.25) is 0 Å². The summed E-state index contributed by atoms with van der Waals surface area (Å²) < 4.78 is 30.4. The van der Waals surface area contributed by atoms with E-state index >= 15 is 0 Å². The van der Waals surface area contributed by atoms with E-state index in [-0.39, 0.29) is 11.4 Å². The van der Waals surface area contributed by atoms with Crippen molar-refractivity contribution in [2.45, 2.75) is 0 Å². The molecular formula is C17H16N4O4S. The smallest absolute Gasteiger partial charge is 0.275 e. The number of methoxy groups -OCH3 is 1. The Kier molecular flexibility index (Phi) is 4.72. The summed E-state index contributed by atoms with van der Waals surface area (Å²) in [7, 11) is -2.07. The highest BCUT2D eigenvalue weighted by atomic mass is 32.2. The normalized spacial score (nSPS) is 11.2. The summed E-state index contributed by atoms with van der Waals surface area (Å²) >= 11 is 0. The van der Waals surface area contributed by atoms with Gasteiger partial charge < -0.3 is 10.1 Å². The van der Waals surface area contributed by atoms with E-state index in [4.69, 9.17) is 4.74 Å². The maximum absolute atomic E-state index is 12.4. The fourth-order valence-electron chi connectivity index (χ4n) is 2.33. The van der Waals surface area contributed by atoms with Crippen LogP contribution in [0.1, 0.15) is 10.5 Å². The fourth-order valence-corrected chi connectivity index (χ4v) is 2.89. The molecule has 0 bridgehead atoms. The van der Waals surface area contributed by atoms with Gasteiger partial charge in [-0.1, -0.05) is 12.1 Å². The first-order valence-electron chi connectivity index (χ1n) is 7.55. The summed E-state index contributed by atoms with van der Waals surface area (Å²) in [6, 6.07) is 11.8. The van der Waals surface area contributed by atoms with Gasteiger partial charge in [-0.15, -0.1) is 0 Å². The minimum atomic E-state index is -3.50. The molecule has 3 rings (SSSR count). The minimum absolute atomic E-state index is 0.150. The van der Waals surface area contributed by atoms with Crippen LogP contribution < -0.4 is 14.8 Å².